The molecule has 0 aromatic heterocycles. The second-order valence-corrected chi connectivity index (χ2v) is 5.76. The van der Waals surface area contributed by atoms with Gasteiger partial charge in [-0.1, -0.05) is 12.1 Å². The number of hydrogen-bond donors (Lipinski definition) is 1. The summed E-state index contributed by atoms with van der Waals surface area (Å²) in [7, 11) is 0. The average molecular weight is 251 g/mol. The zero-order chi connectivity index (χ0) is 13.2. The van der Waals surface area contributed by atoms with Crippen LogP contribution in [0.15, 0.2) is 24.3 Å². The molecule has 1 N–H and O–H groups in total. The summed E-state index contributed by atoms with van der Waals surface area (Å²) < 4.78 is 13.1. The third-order valence-corrected chi connectivity index (χ3v) is 3.98. The van der Waals surface area contributed by atoms with Crippen LogP contribution >= 0.6 is 0 Å². The van der Waals surface area contributed by atoms with Crippen molar-refractivity contribution < 1.29 is 9.50 Å². The highest BCUT2D eigenvalue weighted by Gasteiger charge is 2.31. The van der Waals surface area contributed by atoms with Gasteiger partial charge in [0.15, 0.2) is 0 Å². The first-order valence-corrected chi connectivity index (χ1v) is 6.68. The fourth-order valence-corrected chi connectivity index (χ4v) is 2.74. The number of aliphatic hydroxyl groups excluding tert-OH is 1. The van der Waals surface area contributed by atoms with Crippen LogP contribution in [0.4, 0.5) is 4.39 Å². The summed E-state index contributed by atoms with van der Waals surface area (Å²) in [5.41, 5.74) is 0.911. The number of benzene rings is 1. The molecule has 3 heteroatoms. The second kappa shape index (κ2) is 5.37. The lowest BCUT2D eigenvalue weighted by molar-refractivity contribution is 0.115. The van der Waals surface area contributed by atoms with Crippen molar-refractivity contribution in [3.05, 3.63) is 35.6 Å². The van der Waals surface area contributed by atoms with Crippen molar-refractivity contribution in [3.63, 3.8) is 0 Å². The van der Waals surface area contributed by atoms with E-state index in [4.69, 9.17) is 0 Å². The smallest absolute Gasteiger partial charge is 0.123 e. The Morgan fingerprint density at radius 2 is 2.22 bits per heavy atom. The Bertz CT molecular complexity index is 405. The van der Waals surface area contributed by atoms with Crippen LogP contribution in [0.3, 0.4) is 0 Å². The third-order valence-electron chi connectivity index (χ3n) is 3.98. The highest BCUT2D eigenvalue weighted by molar-refractivity contribution is 5.18. The molecule has 0 bridgehead atoms. The summed E-state index contributed by atoms with van der Waals surface area (Å²) in [6.07, 6.45) is 2.52. The molecule has 1 atom stereocenters. The molecule has 1 fully saturated rings. The van der Waals surface area contributed by atoms with E-state index >= 15 is 0 Å². The molecule has 0 radical (unpaired) electrons. The van der Waals surface area contributed by atoms with Crippen molar-refractivity contribution in [1.82, 2.24) is 4.90 Å². The lowest BCUT2D eigenvalue weighted by Gasteiger charge is -2.32. The minimum absolute atomic E-state index is 0.238. The van der Waals surface area contributed by atoms with E-state index in [0.717, 1.165) is 13.1 Å². The topological polar surface area (TPSA) is 23.5 Å². The summed E-state index contributed by atoms with van der Waals surface area (Å²) in [5.74, 6) is -0.284. The molecule has 100 valence electrons. The molecular formula is C15H22FNO. The Labute approximate surface area is 108 Å². The highest BCUT2D eigenvalue weighted by atomic mass is 19.1. The maximum absolute atomic E-state index is 13.1. The monoisotopic (exact) mass is 251 g/mol. The van der Waals surface area contributed by atoms with Crippen molar-refractivity contribution in [1.29, 1.82) is 0 Å². The van der Waals surface area contributed by atoms with E-state index in [1.807, 2.05) is 0 Å². The van der Waals surface area contributed by atoms with Crippen LogP contribution in [0.25, 0.3) is 0 Å². The summed E-state index contributed by atoms with van der Waals surface area (Å²) in [6.45, 7) is 6.46. The van der Waals surface area contributed by atoms with E-state index < -0.39 is 6.10 Å². The summed E-state index contributed by atoms with van der Waals surface area (Å²) in [6, 6.07) is 6.25. The number of aliphatic hydroxyl groups is 1. The Morgan fingerprint density at radius 3 is 2.83 bits per heavy atom. The molecule has 2 nitrogen and oxygen atoms in total. The van der Waals surface area contributed by atoms with Gasteiger partial charge in [-0.2, -0.15) is 0 Å². The zero-order valence-corrected chi connectivity index (χ0v) is 11.2. The van der Waals surface area contributed by atoms with Gasteiger partial charge in [-0.15, -0.1) is 0 Å². The molecule has 1 unspecified atom stereocenters. The molecule has 1 saturated heterocycles. The van der Waals surface area contributed by atoms with Crippen molar-refractivity contribution in [2.45, 2.75) is 44.8 Å². The van der Waals surface area contributed by atoms with Crippen LogP contribution in [0, 0.1) is 5.82 Å². The van der Waals surface area contributed by atoms with Gasteiger partial charge in [0.25, 0.3) is 0 Å². The van der Waals surface area contributed by atoms with E-state index in [0.29, 0.717) is 12.0 Å². The van der Waals surface area contributed by atoms with Gasteiger partial charge in [0.1, 0.15) is 5.82 Å². The number of halogens is 1. The molecule has 1 aliphatic heterocycles. The maximum Gasteiger partial charge on any atom is 0.123 e. The van der Waals surface area contributed by atoms with Crippen molar-refractivity contribution in [2.75, 3.05) is 13.1 Å². The number of likely N-dealkylation sites (tertiary alicyclic amines) is 1. The minimum Gasteiger partial charge on any atom is -0.388 e. The predicted molar refractivity (Wildman–Crippen MR) is 70.9 cm³/mol. The Balaban J connectivity index is 1.90. The van der Waals surface area contributed by atoms with E-state index in [2.05, 4.69) is 18.7 Å². The van der Waals surface area contributed by atoms with Crippen LogP contribution in [0.2, 0.25) is 0 Å². The fourth-order valence-electron chi connectivity index (χ4n) is 2.74. The molecule has 0 saturated carbocycles. The standard InChI is InChI=1S/C15H22FNO/c1-15(2)8-4-9-17(15)10-7-14(18)12-5-3-6-13(16)11-12/h3,5-6,11,14,18H,4,7-10H2,1-2H3. The van der Waals surface area contributed by atoms with E-state index in [-0.39, 0.29) is 11.4 Å². The Morgan fingerprint density at radius 1 is 1.44 bits per heavy atom. The molecule has 1 aliphatic rings. The maximum atomic E-state index is 13.1. The van der Waals surface area contributed by atoms with Crippen LogP contribution < -0.4 is 0 Å². The molecule has 0 aliphatic carbocycles. The van der Waals surface area contributed by atoms with Crippen LogP contribution in [0.5, 0.6) is 0 Å². The SMILES string of the molecule is CC1(C)CCCN1CCC(O)c1cccc(F)c1. The van der Waals surface area contributed by atoms with Crippen molar-refractivity contribution in [2.24, 2.45) is 0 Å². The molecule has 2 rings (SSSR count). The molecule has 0 amide bonds. The van der Waals surface area contributed by atoms with Crippen molar-refractivity contribution >= 4 is 0 Å². The van der Waals surface area contributed by atoms with Gasteiger partial charge < -0.3 is 5.11 Å². The molecule has 0 spiro atoms. The number of hydrogen-bond acceptors (Lipinski definition) is 2. The van der Waals surface area contributed by atoms with Gasteiger partial charge in [-0.3, -0.25) is 4.90 Å². The first-order valence-electron chi connectivity index (χ1n) is 6.68. The molecular weight excluding hydrogens is 229 g/mol. The summed E-state index contributed by atoms with van der Waals surface area (Å²) in [4.78, 5) is 2.41. The van der Waals surface area contributed by atoms with Crippen LogP contribution in [-0.4, -0.2) is 28.6 Å². The van der Waals surface area contributed by atoms with Gasteiger partial charge in [-0.25, -0.2) is 4.39 Å². The normalized spacial score (nSPS) is 21.1. The van der Waals surface area contributed by atoms with Gasteiger partial charge in [0, 0.05) is 12.1 Å². The largest absolute Gasteiger partial charge is 0.388 e. The third kappa shape index (κ3) is 3.09. The Hall–Kier alpha value is -0.930. The fraction of sp³-hybridized carbons (Fsp3) is 0.600. The van der Waals surface area contributed by atoms with Gasteiger partial charge >= 0.3 is 0 Å². The average Bonchev–Trinajstić information content (AvgIpc) is 2.65. The van der Waals surface area contributed by atoms with Gasteiger partial charge in [-0.05, 0) is 57.4 Å². The highest BCUT2D eigenvalue weighted by Crippen LogP contribution is 2.29. The molecule has 1 aromatic rings. The minimum atomic E-state index is -0.572. The summed E-state index contributed by atoms with van der Waals surface area (Å²) in [5, 5.41) is 10.1. The summed E-state index contributed by atoms with van der Waals surface area (Å²) >= 11 is 0. The van der Waals surface area contributed by atoms with Crippen LogP contribution in [-0.2, 0) is 0 Å². The van der Waals surface area contributed by atoms with Gasteiger partial charge in [0.05, 0.1) is 6.10 Å². The van der Waals surface area contributed by atoms with E-state index in [1.165, 1.54) is 25.0 Å². The quantitative estimate of drug-likeness (QED) is 0.888. The van der Waals surface area contributed by atoms with Crippen molar-refractivity contribution in [3.8, 4) is 0 Å². The first kappa shape index (κ1) is 13.5. The predicted octanol–water partition coefficient (Wildman–Crippen LogP) is 3.12. The lowest BCUT2D eigenvalue weighted by Crippen LogP contribution is -2.39. The second-order valence-electron chi connectivity index (χ2n) is 5.76. The van der Waals surface area contributed by atoms with E-state index in [9.17, 15) is 9.50 Å². The van der Waals surface area contributed by atoms with Crippen LogP contribution in [0.1, 0.15) is 44.8 Å². The Kier molecular flexibility index (Phi) is 4.03. The number of nitrogens with zero attached hydrogens (tertiary/aromatic N) is 1. The zero-order valence-electron chi connectivity index (χ0n) is 11.2. The number of rotatable bonds is 4. The van der Waals surface area contributed by atoms with E-state index in [1.54, 1.807) is 12.1 Å². The lowest BCUT2D eigenvalue weighted by atomic mass is 10.0. The molecule has 18 heavy (non-hydrogen) atoms. The molecule has 1 aromatic carbocycles. The first-order chi connectivity index (χ1) is 8.49. The van der Waals surface area contributed by atoms with Gasteiger partial charge in [0.2, 0.25) is 0 Å². The molecule has 1 heterocycles.